The summed E-state index contributed by atoms with van der Waals surface area (Å²) >= 11 is 0. The van der Waals surface area contributed by atoms with Gasteiger partial charge in [0.2, 0.25) is 11.7 Å². The van der Waals surface area contributed by atoms with Gasteiger partial charge in [0.1, 0.15) is 6.04 Å². The fourth-order valence-corrected chi connectivity index (χ4v) is 4.47. The minimum absolute atomic E-state index is 0.00163. The van der Waals surface area contributed by atoms with Crippen LogP contribution in [0.25, 0.3) is 0 Å². The Labute approximate surface area is 149 Å². The van der Waals surface area contributed by atoms with E-state index in [0.29, 0.717) is 6.42 Å². The monoisotopic (exact) mass is 354 g/mol. The number of rotatable bonds is 1. The van der Waals surface area contributed by atoms with Crippen molar-refractivity contribution in [2.45, 2.75) is 38.6 Å². The summed E-state index contributed by atoms with van der Waals surface area (Å²) < 4.78 is 0. The zero-order valence-electron chi connectivity index (χ0n) is 14.4. The third-order valence-corrected chi connectivity index (χ3v) is 5.84. The van der Waals surface area contributed by atoms with E-state index in [1.54, 1.807) is 24.3 Å². The first-order valence-corrected chi connectivity index (χ1v) is 8.72. The number of Topliss-reactive ketones (excluding diaryl/α,β-unsaturated/α-hetero) is 2. The second kappa shape index (κ2) is 5.59. The normalized spacial score (nSPS) is 28.5. The molecule has 2 saturated heterocycles. The molecule has 2 bridgehead atoms. The van der Waals surface area contributed by atoms with E-state index in [1.165, 1.54) is 4.90 Å². The number of para-hydroxylation sites is 1. The first kappa shape index (κ1) is 16.6. The number of carbonyl (C=O) groups is 5. The molecule has 1 aromatic rings. The molecule has 4 rings (SSSR count). The fraction of sp³-hybridized carbons (Fsp3) is 0.421. The molecular formula is C19H18N2O5. The summed E-state index contributed by atoms with van der Waals surface area (Å²) in [6.45, 7) is 1.82. The molecule has 3 aliphatic rings. The van der Waals surface area contributed by atoms with E-state index < -0.39 is 35.0 Å². The van der Waals surface area contributed by atoms with Gasteiger partial charge in [-0.2, -0.15) is 0 Å². The molecule has 3 aliphatic heterocycles. The highest BCUT2D eigenvalue weighted by Gasteiger charge is 2.59. The number of carbonyl (C=O) groups excluding carboxylic acids is 5. The van der Waals surface area contributed by atoms with Crippen LogP contribution >= 0.6 is 0 Å². The molecule has 1 aromatic carbocycles. The fourth-order valence-electron chi connectivity index (χ4n) is 4.47. The smallest absolute Gasteiger partial charge is 0.290 e. The van der Waals surface area contributed by atoms with Crippen molar-refractivity contribution >= 4 is 35.0 Å². The van der Waals surface area contributed by atoms with E-state index >= 15 is 0 Å². The van der Waals surface area contributed by atoms with Gasteiger partial charge in [0.05, 0.1) is 5.69 Å². The van der Waals surface area contributed by atoms with Gasteiger partial charge in [-0.25, -0.2) is 4.90 Å². The molecule has 0 aromatic heterocycles. The van der Waals surface area contributed by atoms with Crippen molar-refractivity contribution < 1.29 is 24.0 Å². The maximum absolute atomic E-state index is 13.3. The Morgan fingerprint density at radius 1 is 1.04 bits per heavy atom. The molecule has 7 nitrogen and oxygen atoms in total. The van der Waals surface area contributed by atoms with Crippen LogP contribution in [-0.4, -0.2) is 46.8 Å². The molecule has 2 fully saturated rings. The number of hydrogen-bond acceptors (Lipinski definition) is 5. The maximum Gasteiger partial charge on any atom is 0.290 e. The standard InChI is InChI=1S/C19H18N2O5/c1-2-19-9-14(23)17(25)20-8-7-13(22)11-5-3-4-6-12(11)21(15(24)10-19)18(26)16(19)20/h3-6,16H,2,7-10H2,1H3/t16-,19+/m1/s1. The lowest BCUT2D eigenvalue weighted by molar-refractivity contribution is -0.164. The van der Waals surface area contributed by atoms with Gasteiger partial charge in [-0.05, 0) is 18.6 Å². The number of fused-ring (bicyclic) bond motifs is 3. The van der Waals surface area contributed by atoms with Crippen LogP contribution in [0.2, 0.25) is 0 Å². The quantitative estimate of drug-likeness (QED) is 0.556. The average Bonchev–Trinajstić information content (AvgIpc) is 2.65. The lowest BCUT2D eigenvalue weighted by Crippen LogP contribution is -2.69. The predicted octanol–water partition coefficient (Wildman–Crippen LogP) is 1.10. The molecule has 26 heavy (non-hydrogen) atoms. The molecule has 2 atom stereocenters. The highest BCUT2D eigenvalue weighted by Crippen LogP contribution is 2.47. The number of benzene rings is 1. The first-order valence-electron chi connectivity index (χ1n) is 8.72. The van der Waals surface area contributed by atoms with Crippen LogP contribution in [0.15, 0.2) is 24.3 Å². The second-order valence-electron chi connectivity index (χ2n) is 7.15. The van der Waals surface area contributed by atoms with Gasteiger partial charge in [0.15, 0.2) is 5.78 Å². The van der Waals surface area contributed by atoms with Crippen LogP contribution in [-0.2, 0) is 19.2 Å². The molecule has 3 amide bonds. The summed E-state index contributed by atoms with van der Waals surface area (Å²) in [5.74, 6) is -2.55. The summed E-state index contributed by atoms with van der Waals surface area (Å²) in [5.41, 5.74) is -0.335. The van der Waals surface area contributed by atoms with Crippen LogP contribution in [0.5, 0.6) is 0 Å². The van der Waals surface area contributed by atoms with E-state index in [0.717, 1.165) is 4.90 Å². The van der Waals surface area contributed by atoms with Gasteiger partial charge in [0, 0.05) is 36.8 Å². The molecule has 0 saturated carbocycles. The largest absolute Gasteiger partial charge is 0.323 e. The molecule has 0 spiro atoms. The van der Waals surface area contributed by atoms with Crippen molar-refractivity contribution in [1.82, 2.24) is 4.90 Å². The number of amides is 3. The molecule has 7 heteroatoms. The van der Waals surface area contributed by atoms with Crippen molar-refractivity contribution in [1.29, 1.82) is 0 Å². The van der Waals surface area contributed by atoms with E-state index in [9.17, 15) is 24.0 Å². The van der Waals surface area contributed by atoms with Crippen LogP contribution < -0.4 is 4.90 Å². The molecular weight excluding hydrogens is 336 g/mol. The Hall–Kier alpha value is -2.83. The third kappa shape index (κ3) is 2.09. The predicted molar refractivity (Wildman–Crippen MR) is 90.3 cm³/mol. The van der Waals surface area contributed by atoms with E-state index in [1.807, 2.05) is 6.92 Å². The molecule has 3 heterocycles. The summed E-state index contributed by atoms with van der Waals surface area (Å²) in [6, 6.07) is 5.60. The van der Waals surface area contributed by atoms with Crippen molar-refractivity contribution in [3.05, 3.63) is 29.8 Å². The minimum atomic E-state index is -0.894. The average molecular weight is 354 g/mol. The van der Waals surface area contributed by atoms with Crippen LogP contribution in [0.1, 0.15) is 43.0 Å². The molecule has 0 radical (unpaired) electrons. The van der Waals surface area contributed by atoms with E-state index in [-0.39, 0.29) is 42.8 Å². The van der Waals surface area contributed by atoms with Gasteiger partial charge in [-0.3, -0.25) is 24.0 Å². The lowest BCUT2D eigenvalue weighted by atomic mass is 9.65. The summed E-state index contributed by atoms with van der Waals surface area (Å²) in [4.78, 5) is 65.9. The SMILES string of the molecule is CC[C@]12CC(=O)C(=O)N3CCC(=O)c4ccccc4N(C(=O)C1)C(=O)[C@@H]32. The number of piperidine rings is 2. The second-order valence-corrected chi connectivity index (χ2v) is 7.15. The minimum Gasteiger partial charge on any atom is -0.323 e. The number of imide groups is 1. The Kier molecular flexibility index (Phi) is 3.57. The van der Waals surface area contributed by atoms with Crippen LogP contribution in [0.3, 0.4) is 0 Å². The number of nitrogens with zero attached hydrogens (tertiary/aromatic N) is 2. The van der Waals surface area contributed by atoms with Gasteiger partial charge in [-0.15, -0.1) is 0 Å². The first-order chi connectivity index (χ1) is 12.4. The topological polar surface area (TPSA) is 91.8 Å². The number of anilines is 1. The Morgan fingerprint density at radius 3 is 2.50 bits per heavy atom. The highest BCUT2D eigenvalue weighted by molar-refractivity contribution is 6.38. The Balaban J connectivity index is 1.95. The highest BCUT2D eigenvalue weighted by atomic mass is 16.2. The zero-order chi connectivity index (χ0) is 18.6. The van der Waals surface area contributed by atoms with Crippen LogP contribution in [0.4, 0.5) is 5.69 Å². The Bertz CT molecular complexity index is 876. The van der Waals surface area contributed by atoms with E-state index in [2.05, 4.69) is 0 Å². The number of ketones is 2. The van der Waals surface area contributed by atoms with Gasteiger partial charge in [0.25, 0.3) is 11.8 Å². The zero-order valence-corrected chi connectivity index (χ0v) is 14.4. The van der Waals surface area contributed by atoms with Crippen molar-refractivity contribution in [3.8, 4) is 0 Å². The van der Waals surface area contributed by atoms with E-state index in [4.69, 9.17) is 0 Å². The van der Waals surface area contributed by atoms with Crippen molar-refractivity contribution in [2.24, 2.45) is 5.41 Å². The van der Waals surface area contributed by atoms with Crippen LogP contribution in [0, 0.1) is 5.41 Å². The molecule has 0 aliphatic carbocycles. The van der Waals surface area contributed by atoms with Crippen molar-refractivity contribution in [2.75, 3.05) is 11.4 Å². The third-order valence-electron chi connectivity index (χ3n) is 5.84. The van der Waals surface area contributed by atoms with Gasteiger partial charge < -0.3 is 4.90 Å². The lowest BCUT2D eigenvalue weighted by Gasteiger charge is -2.51. The van der Waals surface area contributed by atoms with Gasteiger partial charge in [-0.1, -0.05) is 19.1 Å². The maximum atomic E-state index is 13.3. The van der Waals surface area contributed by atoms with Crippen molar-refractivity contribution in [3.63, 3.8) is 0 Å². The summed E-state index contributed by atoms with van der Waals surface area (Å²) in [7, 11) is 0. The molecule has 0 N–H and O–H groups in total. The number of hydrogen-bond donors (Lipinski definition) is 0. The Morgan fingerprint density at radius 2 is 1.77 bits per heavy atom. The molecule has 0 unspecified atom stereocenters. The summed E-state index contributed by atoms with van der Waals surface area (Å²) in [5, 5.41) is 0. The summed E-state index contributed by atoms with van der Waals surface area (Å²) in [6.07, 6.45) is 0.318. The van der Waals surface area contributed by atoms with Gasteiger partial charge >= 0.3 is 0 Å². The molecule has 134 valence electrons.